The van der Waals surface area contributed by atoms with Crippen LogP contribution in [0.4, 0.5) is 17.1 Å². The first kappa shape index (κ1) is 27.1. The highest BCUT2D eigenvalue weighted by atomic mass is 32.2. The van der Waals surface area contributed by atoms with Gasteiger partial charge < -0.3 is 4.18 Å². The predicted molar refractivity (Wildman–Crippen MR) is 151 cm³/mol. The van der Waals surface area contributed by atoms with Crippen LogP contribution in [0.3, 0.4) is 0 Å². The van der Waals surface area contributed by atoms with Crippen LogP contribution in [0.15, 0.2) is 108 Å². The number of non-ortho nitro benzene ring substituents is 1. The SMILES string of the molecule is Cc1ccccc1N1C(=O)[C@H]2[C@H](ON(c3cccc([N+](=O)[O-])c3)[C@H]2c2ccc(OS(=O)(=O)c3ccccc3)cc2)C1=O. The first-order chi connectivity index (χ1) is 20.2. The summed E-state index contributed by atoms with van der Waals surface area (Å²) in [4.78, 5) is 45.6. The molecule has 4 aromatic rings. The van der Waals surface area contributed by atoms with Crippen molar-refractivity contribution in [3.05, 3.63) is 124 Å². The van der Waals surface area contributed by atoms with E-state index in [0.717, 1.165) is 10.5 Å². The molecule has 212 valence electrons. The molecule has 0 spiro atoms. The Bertz CT molecular complexity index is 1810. The van der Waals surface area contributed by atoms with Crippen molar-refractivity contribution in [2.45, 2.75) is 24.0 Å². The number of nitro benzene ring substituents is 1. The maximum Gasteiger partial charge on any atom is 0.339 e. The van der Waals surface area contributed by atoms with Gasteiger partial charge in [-0.1, -0.05) is 54.6 Å². The molecule has 6 rings (SSSR count). The summed E-state index contributed by atoms with van der Waals surface area (Å²) in [6.45, 7) is 1.79. The lowest BCUT2D eigenvalue weighted by Crippen LogP contribution is -2.37. The number of nitrogens with zero attached hydrogens (tertiary/aromatic N) is 3. The van der Waals surface area contributed by atoms with E-state index < -0.39 is 44.9 Å². The molecule has 0 aromatic heterocycles. The van der Waals surface area contributed by atoms with E-state index in [1.54, 1.807) is 67.6 Å². The molecule has 0 N–H and O–H groups in total. The number of benzene rings is 4. The number of hydrogen-bond donors (Lipinski definition) is 0. The normalized spacial score (nSPS) is 20.1. The Kier molecular flexibility index (Phi) is 6.71. The fourth-order valence-electron chi connectivity index (χ4n) is 5.26. The molecule has 0 radical (unpaired) electrons. The lowest BCUT2D eigenvalue weighted by atomic mass is 9.90. The molecule has 0 saturated carbocycles. The third kappa shape index (κ3) is 4.66. The summed E-state index contributed by atoms with van der Waals surface area (Å²) in [6.07, 6.45) is -1.18. The Morgan fingerprint density at radius 2 is 1.55 bits per heavy atom. The molecular formula is C30H23N3O8S. The molecule has 2 aliphatic rings. The fraction of sp³-hybridized carbons (Fsp3) is 0.133. The average molecular weight is 586 g/mol. The minimum Gasteiger partial charge on any atom is -0.379 e. The van der Waals surface area contributed by atoms with Gasteiger partial charge in [-0.2, -0.15) is 8.42 Å². The van der Waals surface area contributed by atoms with E-state index in [1.807, 2.05) is 0 Å². The number of amides is 2. The van der Waals surface area contributed by atoms with E-state index in [1.165, 1.54) is 47.5 Å². The average Bonchev–Trinajstić information content (AvgIpc) is 3.50. The van der Waals surface area contributed by atoms with Crippen LogP contribution in [-0.4, -0.2) is 31.3 Å². The number of imide groups is 1. The van der Waals surface area contributed by atoms with E-state index in [0.29, 0.717) is 11.3 Å². The van der Waals surface area contributed by atoms with E-state index >= 15 is 0 Å². The van der Waals surface area contributed by atoms with Gasteiger partial charge in [-0.3, -0.25) is 24.5 Å². The van der Waals surface area contributed by atoms with Gasteiger partial charge in [0.05, 0.1) is 22.3 Å². The number of carbonyl (C=O) groups is 2. The Morgan fingerprint density at radius 1 is 0.857 bits per heavy atom. The number of aryl methyl sites for hydroxylation is 1. The van der Waals surface area contributed by atoms with Crippen molar-refractivity contribution < 1.29 is 32.0 Å². The van der Waals surface area contributed by atoms with Crippen molar-refractivity contribution in [3.63, 3.8) is 0 Å². The number of hydroxylamine groups is 1. The third-order valence-corrected chi connectivity index (χ3v) is 8.49. The summed E-state index contributed by atoms with van der Waals surface area (Å²) < 4.78 is 30.7. The largest absolute Gasteiger partial charge is 0.379 e. The van der Waals surface area contributed by atoms with Gasteiger partial charge >= 0.3 is 10.1 Å². The number of carbonyl (C=O) groups excluding carboxylic acids is 2. The quantitative estimate of drug-likeness (QED) is 0.131. The summed E-state index contributed by atoms with van der Waals surface area (Å²) in [6, 6.07) is 25.5. The number of fused-ring (bicyclic) bond motifs is 1. The van der Waals surface area contributed by atoms with Crippen LogP contribution in [0.5, 0.6) is 5.75 Å². The van der Waals surface area contributed by atoms with Gasteiger partial charge in [0.15, 0.2) is 6.10 Å². The second-order valence-electron chi connectivity index (χ2n) is 9.82. The molecule has 2 heterocycles. The Labute approximate surface area is 240 Å². The predicted octanol–water partition coefficient (Wildman–Crippen LogP) is 4.72. The van der Waals surface area contributed by atoms with Gasteiger partial charge in [-0.05, 0) is 54.4 Å². The number of nitro groups is 1. The first-order valence-corrected chi connectivity index (χ1v) is 14.3. The van der Waals surface area contributed by atoms with Crippen LogP contribution in [0, 0.1) is 23.0 Å². The maximum atomic E-state index is 13.9. The minimum atomic E-state index is -4.09. The van der Waals surface area contributed by atoms with Crippen LogP contribution in [0.25, 0.3) is 0 Å². The lowest BCUT2D eigenvalue weighted by molar-refractivity contribution is -0.384. The van der Waals surface area contributed by atoms with Crippen molar-refractivity contribution in [1.29, 1.82) is 0 Å². The molecule has 2 amide bonds. The zero-order chi connectivity index (χ0) is 29.6. The molecule has 3 atom stereocenters. The number of hydrogen-bond acceptors (Lipinski definition) is 9. The van der Waals surface area contributed by atoms with Crippen LogP contribution in [-0.2, 0) is 24.5 Å². The van der Waals surface area contributed by atoms with Crippen LogP contribution < -0.4 is 14.1 Å². The number of para-hydroxylation sites is 1. The second kappa shape index (κ2) is 10.4. The minimum absolute atomic E-state index is 0.00989. The Balaban J connectivity index is 1.38. The van der Waals surface area contributed by atoms with Crippen LogP contribution >= 0.6 is 0 Å². The smallest absolute Gasteiger partial charge is 0.339 e. The molecule has 2 fully saturated rings. The van der Waals surface area contributed by atoms with Gasteiger partial charge in [-0.25, -0.2) is 9.96 Å². The molecule has 11 nitrogen and oxygen atoms in total. The highest BCUT2D eigenvalue weighted by Crippen LogP contribution is 2.48. The summed E-state index contributed by atoms with van der Waals surface area (Å²) in [7, 11) is -4.09. The van der Waals surface area contributed by atoms with Crippen molar-refractivity contribution in [2.75, 3.05) is 9.96 Å². The third-order valence-electron chi connectivity index (χ3n) is 7.23. The number of rotatable bonds is 7. The zero-order valence-electron chi connectivity index (χ0n) is 22.1. The lowest BCUT2D eigenvalue weighted by Gasteiger charge is -2.29. The second-order valence-corrected chi connectivity index (χ2v) is 11.4. The summed E-state index contributed by atoms with van der Waals surface area (Å²) in [5.74, 6) is -1.98. The molecule has 0 bridgehead atoms. The molecule has 4 aromatic carbocycles. The van der Waals surface area contributed by atoms with Gasteiger partial charge in [0.1, 0.15) is 16.6 Å². The van der Waals surface area contributed by atoms with E-state index in [-0.39, 0.29) is 22.0 Å². The summed E-state index contributed by atoms with van der Waals surface area (Å²) in [5, 5.41) is 12.8. The maximum absolute atomic E-state index is 13.9. The van der Waals surface area contributed by atoms with Crippen molar-refractivity contribution >= 4 is 39.0 Å². The van der Waals surface area contributed by atoms with Gasteiger partial charge in [0.2, 0.25) is 5.91 Å². The summed E-state index contributed by atoms with van der Waals surface area (Å²) >= 11 is 0. The first-order valence-electron chi connectivity index (χ1n) is 12.9. The van der Waals surface area contributed by atoms with Crippen molar-refractivity contribution in [2.24, 2.45) is 5.92 Å². The summed E-state index contributed by atoms with van der Waals surface area (Å²) in [5.41, 5.74) is 1.76. The highest BCUT2D eigenvalue weighted by Gasteiger charge is 2.60. The molecule has 0 aliphatic carbocycles. The zero-order valence-corrected chi connectivity index (χ0v) is 22.9. The molecule has 42 heavy (non-hydrogen) atoms. The van der Waals surface area contributed by atoms with E-state index in [2.05, 4.69) is 0 Å². The van der Waals surface area contributed by atoms with Gasteiger partial charge in [0.25, 0.3) is 11.6 Å². The van der Waals surface area contributed by atoms with Crippen molar-refractivity contribution in [1.82, 2.24) is 0 Å². The van der Waals surface area contributed by atoms with E-state index in [9.17, 15) is 28.1 Å². The van der Waals surface area contributed by atoms with Gasteiger partial charge in [-0.15, -0.1) is 0 Å². The van der Waals surface area contributed by atoms with E-state index in [4.69, 9.17) is 9.02 Å². The van der Waals surface area contributed by atoms with Crippen LogP contribution in [0.1, 0.15) is 17.2 Å². The topological polar surface area (TPSA) is 136 Å². The highest BCUT2D eigenvalue weighted by molar-refractivity contribution is 7.87. The van der Waals surface area contributed by atoms with Crippen molar-refractivity contribution in [3.8, 4) is 5.75 Å². The Morgan fingerprint density at radius 3 is 2.24 bits per heavy atom. The number of anilines is 2. The molecule has 0 unspecified atom stereocenters. The molecule has 2 aliphatic heterocycles. The molecule has 12 heteroatoms. The monoisotopic (exact) mass is 585 g/mol. The van der Waals surface area contributed by atoms with Gasteiger partial charge in [0, 0.05) is 12.1 Å². The molecule has 2 saturated heterocycles. The van der Waals surface area contributed by atoms with Crippen LogP contribution in [0.2, 0.25) is 0 Å². The standard InChI is InChI=1S/C30H23N3O8S/c1-19-8-5-6-13-25(19)31-29(34)26-27(32(40-28(26)30(31)35)21-9-7-10-22(18-21)33(36)37)20-14-16-23(17-15-20)41-42(38,39)24-11-3-2-4-12-24/h2-18,26-28H,1H3/t26-,27+,28+/m1/s1. The Hall–Kier alpha value is -5.07. The fourth-order valence-corrected chi connectivity index (χ4v) is 6.21. The molecular weight excluding hydrogens is 562 g/mol.